The molecule has 1 fully saturated rings. The predicted octanol–water partition coefficient (Wildman–Crippen LogP) is 1.90. The fourth-order valence-electron chi connectivity index (χ4n) is 3.04. The molecule has 4 heteroatoms. The Morgan fingerprint density at radius 1 is 1.40 bits per heavy atom. The minimum Gasteiger partial charge on any atom is -0.374 e. The first-order chi connectivity index (χ1) is 9.78. The summed E-state index contributed by atoms with van der Waals surface area (Å²) in [6.07, 6.45) is 0.305. The Morgan fingerprint density at radius 3 is 3.10 bits per heavy atom. The summed E-state index contributed by atoms with van der Waals surface area (Å²) in [5.74, 6) is 0. The zero-order valence-corrected chi connectivity index (χ0v) is 12.3. The lowest BCUT2D eigenvalue weighted by Gasteiger charge is -2.33. The van der Waals surface area contributed by atoms with Gasteiger partial charge >= 0.3 is 0 Å². The van der Waals surface area contributed by atoms with Crippen LogP contribution in [0.4, 0.5) is 0 Å². The van der Waals surface area contributed by atoms with Crippen LogP contribution in [0.5, 0.6) is 0 Å². The van der Waals surface area contributed by atoms with Crippen molar-refractivity contribution in [3.8, 4) is 0 Å². The molecule has 1 aliphatic heterocycles. The highest BCUT2D eigenvalue weighted by Crippen LogP contribution is 2.24. The van der Waals surface area contributed by atoms with E-state index in [0.717, 1.165) is 32.8 Å². The first-order valence-corrected chi connectivity index (χ1v) is 7.32. The molecular weight excluding hydrogens is 250 g/mol. The highest BCUT2D eigenvalue weighted by atomic mass is 16.5. The van der Waals surface area contributed by atoms with Gasteiger partial charge in [0.05, 0.1) is 12.7 Å². The molecule has 2 aromatic rings. The minimum absolute atomic E-state index is 0.305. The van der Waals surface area contributed by atoms with Crippen molar-refractivity contribution >= 4 is 10.9 Å². The number of fused-ring (bicyclic) bond motifs is 1. The van der Waals surface area contributed by atoms with Gasteiger partial charge in [-0.25, -0.2) is 0 Å². The van der Waals surface area contributed by atoms with E-state index in [2.05, 4.69) is 46.4 Å². The molecule has 0 bridgehead atoms. The van der Waals surface area contributed by atoms with Gasteiger partial charge in [-0.1, -0.05) is 18.2 Å². The molecule has 2 N–H and O–H groups in total. The molecule has 0 radical (unpaired) electrons. The lowest BCUT2D eigenvalue weighted by molar-refractivity contribution is -0.0290. The number of nitrogens with zero attached hydrogens (tertiary/aromatic N) is 1. The number of para-hydroxylation sites is 1. The van der Waals surface area contributed by atoms with Crippen molar-refractivity contribution in [2.24, 2.45) is 0 Å². The Bertz CT molecular complexity index is 576. The predicted molar refractivity (Wildman–Crippen MR) is 82.0 cm³/mol. The Morgan fingerprint density at radius 2 is 2.25 bits per heavy atom. The van der Waals surface area contributed by atoms with Crippen LogP contribution < -0.4 is 5.32 Å². The van der Waals surface area contributed by atoms with Crippen LogP contribution in [0.1, 0.15) is 11.3 Å². The van der Waals surface area contributed by atoms with Gasteiger partial charge in [0, 0.05) is 42.8 Å². The third-order valence-corrected chi connectivity index (χ3v) is 4.06. The van der Waals surface area contributed by atoms with E-state index in [-0.39, 0.29) is 0 Å². The Labute approximate surface area is 120 Å². The summed E-state index contributed by atoms with van der Waals surface area (Å²) in [5, 5.41) is 4.55. The lowest BCUT2D eigenvalue weighted by atomic mass is 10.1. The summed E-state index contributed by atoms with van der Waals surface area (Å²) in [7, 11) is 1.98. The normalized spacial score (nSPS) is 20.6. The maximum atomic E-state index is 5.77. The fourth-order valence-corrected chi connectivity index (χ4v) is 3.04. The molecule has 1 aromatic heterocycles. The number of hydrogen-bond acceptors (Lipinski definition) is 3. The number of likely N-dealkylation sites (N-methyl/N-ethyl adjacent to an activating group) is 1. The highest BCUT2D eigenvalue weighted by Gasteiger charge is 2.21. The average molecular weight is 273 g/mol. The van der Waals surface area contributed by atoms with Gasteiger partial charge in [0.2, 0.25) is 0 Å². The molecule has 1 saturated heterocycles. The molecule has 1 aliphatic rings. The van der Waals surface area contributed by atoms with Crippen LogP contribution in [0, 0.1) is 6.92 Å². The number of aromatic amines is 1. The number of rotatable bonds is 4. The van der Waals surface area contributed by atoms with E-state index in [9.17, 15) is 0 Å². The number of aromatic nitrogens is 1. The van der Waals surface area contributed by atoms with Crippen LogP contribution in [0.2, 0.25) is 0 Å². The molecule has 0 amide bonds. The molecule has 1 atom stereocenters. The molecular formula is C16H23N3O. The molecule has 1 unspecified atom stereocenters. The number of ether oxygens (including phenoxy) is 1. The van der Waals surface area contributed by atoms with Crippen LogP contribution in [-0.4, -0.2) is 49.3 Å². The first-order valence-electron chi connectivity index (χ1n) is 7.32. The summed E-state index contributed by atoms with van der Waals surface area (Å²) in [6, 6.07) is 8.55. The first kappa shape index (κ1) is 13.6. The van der Waals surface area contributed by atoms with E-state index in [0.29, 0.717) is 6.10 Å². The third-order valence-electron chi connectivity index (χ3n) is 4.06. The molecule has 0 spiro atoms. The number of aryl methyl sites for hydroxylation is 1. The Kier molecular flexibility index (Phi) is 4.05. The van der Waals surface area contributed by atoms with Gasteiger partial charge in [-0.15, -0.1) is 0 Å². The van der Waals surface area contributed by atoms with Crippen molar-refractivity contribution in [2.45, 2.75) is 19.6 Å². The molecule has 108 valence electrons. The van der Waals surface area contributed by atoms with Crippen LogP contribution >= 0.6 is 0 Å². The van der Waals surface area contributed by atoms with Crippen molar-refractivity contribution < 1.29 is 4.74 Å². The van der Waals surface area contributed by atoms with Gasteiger partial charge in [0.15, 0.2) is 0 Å². The van der Waals surface area contributed by atoms with Gasteiger partial charge in [-0.05, 0) is 25.6 Å². The fraction of sp³-hybridized carbons (Fsp3) is 0.500. The lowest BCUT2D eigenvalue weighted by Crippen LogP contribution is -2.45. The maximum Gasteiger partial charge on any atom is 0.0826 e. The summed E-state index contributed by atoms with van der Waals surface area (Å²) >= 11 is 0. The second-order valence-corrected chi connectivity index (χ2v) is 5.56. The summed E-state index contributed by atoms with van der Waals surface area (Å²) in [5.41, 5.74) is 3.94. The van der Waals surface area contributed by atoms with E-state index >= 15 is 0 Å². The topological polar surface area (TPSA) is 40.3 Å². The smallest absolute Gasteiger partial charge is 0.0826 e. The number of hydrogen-bond donors (Lipinski definition) is 2. The van der Waals surface area contributed by atoms with Crippen LogP contribution in [0.15, 0.2) is 24.3 Å². The number of benzene rings is 1. The molecule has 0 aliphatic carbocycles. The largest absolute Gasteiger partial charge is 0.374 e. The quantitative estimate of drug-likeness (QED) is 0.894. The van der Waals surface area contributed by atoms with Gasteiger partial charge in [-0.2, -0.15) is 0 Å². The van der Waals surface area contributed by atoms with E-state index < -0.39 is 0 Å². The second kappa shape index (κ2) is 5.95. The molecule has 1 aromatic carbocycles. The average Bonchev–Trinajstić information content (AvgIpc) is 2.76. The molecule has 2 heterocycles. The number of nitrogens with one attached hydrogen (secondary N) is 2. The van der Waals surface area contributed by atoms with Gasteiger partial charge < -0.3 is 15.0 Å². The van der Waals surface area contributed by atoms with Crippen LogP contribution in [0.25, 0.3) is 10.9 Å². The third kappa shape index (κ3) is 2.73. The van der Waals surface area contributed by atoms with Gasteiger partial charge in [-0.3, -0.25) is 4.90 Å². The Balaban J connectivity index is 1.77. The minimum atomic E-state index is 0.305. The molecule has 20 heavy (non-hydrogen) atoms. The van der Waals surface area contributed by atoms with E-state index in [1.165, 1.54) is 22.2 Å². The summed E-state index contributed by atoms with van der Waals surface area (Å²) < 4.78 is 5.77. The summed E-state index contributed by atoms with van der Waals surface area (Å²) in [6.45, 7) is 6.93. The van der Waals surface area contributed by atoms with Crippen molar-refractivity contribution in [3.05, 3.63) is 35.5 Å². The van der Waals surface area contributed by atoms with Crippen molar-refractivity contribution in [1.82, 2.24) is 15.2 Å². The second-order valence-electron chi connectivity index (χ2n) is 5.56. The zero-order valence-electron chi connectivity index (χ0n) is 12.3. The van der Waals surface area contributed by atoms with Crippen LogP contribution in [-0.2, 0) is 11.3 Å². The van der Waals surface area contributed by atoms with Crippen molar-refractivity contribution in [1.29, 1.82) is 0 Å². The van der Waals surface area contributed by atoms with E-state index in [4.69, 9.17) is 4.74 Å². The van der Waals surface area contributed by atoms with E-state index in [1.807, 2.05) is 7.05 Å². The molecule has 4 nitrogen and oxygen atoms in total. The number of morpholine rings is 1. The van der Waals surface area contributed by atoms with Crippen molar-refractivity contribution in [2.75, 3.05) is 33.3 Å². The van der Waals surface area contributed by atoms with Gasteiger partial charge in [0.25, 0.3) is 0 Å². The number of H-pyrrole nitrogens is 1. The SMILES string of the molecule is CNCC1CN(Cc2c(C)[nH]c3ccccc23)CCO1. The molecule has 0 saturated carbocycles. The monoisotopic (exact) mass is 273 g/mol. The van der Waals surface area contributed by atoms with Gasteiger partial charge in [0.1, 0.15) is 0 Å². The zero-order chi connectivity index (χ0) is 13.9. The highest BCUT2D eigenvalue weighted by molar-refractivity contribution is 5.84. The van der Waals surface area contributed by atoms with Crippen molar-refractivity contribution in [3.63, 3.8) is 0 Å². The maximum absolute atomic E-state index is 5.77. The Hall–Kier alpha value is -1.36. The van der Waals surface area contributed by atoms with Crippen LogP contribution in [0.3, 0.4) is 0 Å². The summed E-state index contributed by atoms with van der Waals surface area (Å²) in [4.78, 5) is 5.98. The standard InChI is InChI=1S/C16H23N3O/c1-12-15(14-5-3-4-6-16(14)18-12)11-19-7-8-20-13(10-19)9-17-2/h3-6,13,17-18H,7-11H2,1-2H3. The molecule has 3 rings (SSSR count). The van der Waals surface area contributed by atoms with E-state index in [1.54, 1.807) is 0 Å².